The zero-order chi connectivity index (χ0) is 12.8. The molecule has 0 aromatic rings. The van der Waals surface area contributed by atoms with Gasteiger partial charge in [0.05, 0.1) is 0 Å². The lowest BCUT2D eigenvalue weighted by atomic mass is 9.81. The molecule has 0 spiro atoms. The first-order valence-electron chi connectivity index (χ1n) is 7.23. The van der Waals surface area contributed by atoms with E-state index in [-0.39, 0.29) is 5.91 Å². The van der Waals surface area contributed by atoms with Gasteiger partial charge in [-0.15, -0.1) is 0 Å². The van der Waals surface area contributed by atoms with Gasteiger partial charge in [-0.1, -0.05) is 6.92 Å². The number of nitrogens with one attached hydrogen (secondary N) is 2. The predicted molar refractivity (Wildman–Crippen MR) is 77.9 cm³/mol. The average molecular weight is 270 g/mol. The van der Waals surface area contributed by atoms with Crippen molar-refractivity contribution in [1.82, 2.24) is 10.6 Å². The molecular formula is C14H26N2OS. The summed E-state index contributed by atoms with van der Waals surface area (Å²) in [5.41, 5.74) is 0.309. The quantitative estimate of drug-likeness (QED) is 0.821. The number of piperidine rings is 1. The molecule has 2 aliphatic rings. The van der Waals surface area contributed by atoms with Crippen molar-refractivity contribution in [3.05, 3.63) is 0 Å². The van der Waals surface area contributed by atoms with Crippen LogP contribution in [0, 0.1) is 11.3 Å². The van der Waals surface area contributed by atoms with E-state index in [4.69, 9.17) is 0 Å². The average Bonchev–Trinajstić information content (AvgIpc) is 2.39. The molecule has 2 N–H and O–H groups in total. The Hall–Kier alpha value is -0.220. The maximum atomic E-state index is 12.0. The van der Waals surface area contributed by atoms with Gasteiger partial charge < -0.3 is 10.6 Å². The van der Waals surface area contributed by atoms with Gasteiger partial charge in [0.25, 0.3) is 0 Å². The van der Waals surface area contributed by atoms with Crippen LogP contribution >= 0.6 is 11.8 Å². The fraction of sp³-hybridized carbons (Fsp3) is 0.929. The van der Waals surface area contributed by atoms with E-state index < -0.39 is 0 Å². The topological polar surface area (TPSA) is 41.1 Å². The van der Waals surface area contributed by atoms with Gasteiger partial charge in [0.1, 0.15) is 0 Å². The number of carbonyl (C=O) groups excluding carboxylic acids is 1. The second-order valence-electron chi connectivity index (χ2n) is 6.10. The lowest BCUT2D eigenvalue weighted by molar-refractivity contribution is -0.122. The summed E-state index contributed by atoms with van der Waals surface area (Å²) in [6, 6.07) is 0. The van der Waals surface area contributed by atoms with E-state index in [0.29, 0.717) is 11.3 Å². The van der Waals surface area contributed by atoms with Crippen molar-refractivity contribution in [1.29, 1.82) is 0 Å². The van der Waals surface area contributed by atoms with Crippen LogP contribution in [0.3, 0.4) is 0 Å². The summed E-state index contributed by atoms with van der Waals surface area (Å²) in [5, 5.41) is 6.54. The fourth-order valence-electron chi connectivity index (χ4n) is 2.80. The first kappa shape index (κ1) is 14.2. The van der Waals surface area contributed by atoms with E-state index in [2.05, 4.69) is 17.6 Å². The van der Waals surface area contributed by atoms with Crippen LogP contribution in [0.5, 0.6) is 0 Å². The zero-order valence-electron chi connectivity index (χ0n) is 11.5. The smallest absolute Gasteiger partial charge is 0.220 e. The maximum absolute atomic E-state index is 12.0. The molecule has 0 aromatic heterocycles. The van der Waals surface area contributed by atoms with Crippen molar-refractivity contribution in [2.45, 2.75) is 39.0 Å². The first-order chi connectivity index (χ1) is 8.68. The van der Waals surface area contributed by atoms with Crippen LogP contribution in [0.4, 0.5) is 0 Å². The highest BCUT2D eigenvalue weighted by atomic mass is 32.2. The molecule has 2 fully saturated rings. The minimum absolute atomic E-state index is 0.270. The van der Waals surface area contributed by atoms with Crippen molar-refractivity contribution in [3.63, 3.8) is 0 Å². The summed E-state index contributed by atoms with van der Waals surface area (Å²) in [6.45, 7) is 5.33. The summed E-state index contributed by atoms with van der Waals surface area (Å²) < 4.78 is 0. The predicted octanol–water partition coefficient (Wildman–Crippen LogP) is 2.03. The van der Waals surface area contributed by atoms with Crippen LogP contribution in [0.1, 0.15) is 39.0 Å². The van der Waals surface area contributed by atoms with E-state index in [9.17, 15) is 4.79 Å². The molecule has 4 heteroatoms. The summed E-state index contributed by atoms with van der Waals surface area (Å²) in [4.78, 5) is 12.0. The third-order valence-electron chi connectivity index (χ3n) is 4.34. The van der Waals surface area contributed by atoms with E-state index in [0.717, 1.165) is 26.1 Å². The van der Waals surface area contributed by atoms with Gasteiger partial charge in [0.15, 0.2) is 0 Å². The Morgan fingerprint density at radius 2 is 2.00 bits per heavy atom. The molecule has 2 saturated heterocycles. The fourth-order valence-corrected chi connectivity index (χ4v) is 4.01. The third kappa shape index (κ3) is 4.47. The largest absolute Gasteiger partial charge is 0.356 e. The van der Waals surface area contributed by atoms with Crippen molar-refractivity contribution in [3.8, 4) is 0 Å². The minimum atomic E-state index is 0.270. The number of hydrogen-bond donors (Lipinski definition) is 2. The molecule has 0 radical (unpaired) electrons. The Balaban J connectivity index is 1.67. The Morgan fingerprint density at radius 1 is 1.33 bits per heavy atom. The molecule has 104 valence electrons. The summed E-state index contributed by atoms with van der Waals surface area (Å²) in [6.07, 6.45) is 5.54. The van der Waals surface area contributed by atoms with Crippen LogP contribution in [-0.4, -0.2) is 37.0 Å². The number of carbonyl (C=O) groups is 1. The highest BCUT2D eigenvalue weighted by molar-refractivity contribution is 7.99. The van der Waals surface area contributed by atoms with Crippen molar-refractivity contribution in [2.24, 2.45) is 11.3 Å². The molecule has 0 atom stereocenters. The molecule has 2 heterocycles. The summed E-state index contributed by atoms with van der Waals surface area (Å²) in [7, 11) is 0. The maximum Gasteiger partial charge on any atom is 0.220 e. The normalized spacial score (nSPS) is 24.7. The van der Waals surface area contributed by atoms with Gasteiger partial charge in [-0.2, -0.15) is 11.8 Å². The molecule has 2 rings (SSSR count). The van der Waals surface area contributed by atoms with Gasteiger partial charge in [-0.25, -0.2) is 0 Å². The van der Waals surface area contributed by atoms with Crippen molar-refractivity contribution >= 4 is 17.7 Å². The Kier molecular flexibility index (Phi) is 5.37. The van der Waals surface area contributed by atoms with E-state index >= 15 is 0 Å². The number of hydrogen-bond acceptors (Lipinski definition) is 3. The Bertz CT molecular complexity index is 271. The SMILES string of the molecule is CC1(CNC(=O)CC2CCSCC2)CCNCC1. The molecule has 18 heavy (non-hydrogen) atoms. The third-order valence-corrected chi connectivity index (χ3v) is 5.39. The molecule has 0 aromatic carbocycles. The van der Waals surface area contributed by atoms with Crippen LogP contribution in [0.25, 0.3) is 0 Å². The minimum Gasteiger partial charge on any atom is -0.356 e. The second-order valence-corrected chi connectivity index (χ2v) is 7.32. The van der Waals surface area contributed by atoms with E-state index in [1.165, 1.54) is 37.2 Å². The van der Waals surface area contributed by atoms with E-state index in [1.54, 1.807) is 0 Å². The van der Waals surface area contributed by atoms with Gasteiger partial charge in [-0.3, -0.25) is 4.79 Å². The lowest BCUT2D eigenvalue weighted by Gasteiger charge is -2.34. The second kappa shape index (κ2) is 6.80. The number of rotatable bonds is 4. The lowest BCUT2D eigenvalue weighted by Crippen LogP contribution is -2.43. The van der Waals surface area contributed by atoms with Crippen molar-refractivity contribution in [2.75, 3.05) is 31.1 Å². The summed E-state index contributed by atoms with van der Waals surface area (Å²) >= 11 is 2.02. The Morgan fingerprint density at radius 3 is 2.67 bits per heavy atom. The number of thioether (sulfide) groups is 1. The molecule has 3 nitrogen and oxygen atoms in total. The van der Waals surface area contributed by atoms with Crippen LogP contribution in [-0.2, 0) is 4.79 Å². The standard InChI is InChI=1S/C14H26N2OS/c1-14(4-6-15-7-5-14)11-16-13(17)10-12-2-8-18-9-3-12/h12,15H,2-11H2,1H3,(H,16,17). The monoisotopic (exact) mass is 270 g/mol. The van der Waals surface area contributed by atoms with Crippen LogP contribution < -0.4 is 10.6 Å². The first-order valence-corrected chi connectivity index (χ1v) is 8.39. The molecule has 1 amide bonds. The molecular weight excluding hydrogens is 244 g/mol. The molecule has 0 unspecified atom stereocenters. The highest BCUT2D eigenvalue weighted by Crippen LogP contribution is 2.27. The van der Waals surface area contributed by atoms with Crippen molar-refractivity contribution < 1.29 is 4.79 Å². The van der Waals surface area contributed by atoms with Crippen LogP contribution in [0.15, 0.2) is 0 Å². The molecule has 0 bridgehead atoms. The van der Waals surface area contributed by atoms with Gasteiger partial charge in [-0.05, 0) is 61.6 Å². The molecule has 0 aliphatic carbocycles. The molecule has 2 aliphatic heterocycles. The number of amides is 1. The van der Waals surface area contributed by atoms with E-state index in [1.807, 2.05) is 11.8 Å². The van der Waals surface area contributed by atoms with Gasteiger partial charge in [0, 0.05) is 13.0 Å². The van der Waals surface area contributed by atoms with Gasteiger partial charge in [0.2, 0.25) is 5.91 Å². The van der Waals surface area contributed by atoms with Gasteiger partial charge >= 0.3 is 0 Å². The van der Waals surface area contributed by atoms with Crippen LogP contribution in [0.2, 0.25) is 0 Å². The zero-order valence-corrected chi connectivity index (χ0v) is 12.3. The summed E-state index contributed by atoms with van der Waals surface area (Å²) in [5.74, 6) is 3.38. The Labute approximate surface area is 115 Å². The highest BCUT2D eigenvalue weighted by Gasteiger charge is 2.27. The molecule has 0 saturated carbocycles.